The van der Waals surface area contributed by atoms with Crippen molar-refractivity contribution in [1.29, 1.82) is 0 Å². The molecule has 0 saturated heterocycles. The molecule has 0 aromatic heterocycles. The van der Waals surface area contributed by atoms with Gasteiger partial charge in [-0.05, 0) is 116 Å². The second-order valence-electron chi connectivity index (χ2n) is 19.4. The molecule has 0 bridgehead atoms. The molecule has 0 radical (unpaired) electrons. The SMILES string of the molecule is CC(CS(=O)(=O)c1ccccc1)[C@H]1CC[C@H]2C3=CC=C4C[C@@H](O[Si](C)(C)C(C)(C)C)C[C@H](O[Si](C)(C)C(C)(C)C)[C@]4(C)[C@H]3CC[C@]12C. The van der Waals surface area contributed by atoms with E-state index < -0.39 is 26.5 Å². The third-order valence-electron chi connectivity index (χ3n) is 14.5. The Morgan fingerprint density at radius 1 is 0.851 bits per heavy atom. The van der Waals surface area contributed by atoms with Crippen molar-refractivity contribution in [3.8, 4) is 0 Å². The molecule has 0 spiro atoms. The molecule has 47 heavy (non-hydrogen) atoms. The van der Waals surface area contributed by atoms with Crippen LogP contribution in [0, 0.1) is 34.5 Å². The van der Waals surface area contributed by atoms with E-state index in [1.165, 1.54) is 5.57 Å². The fraction of sp³-hybridized carbons (Fsp3) is 0.750. The van der Waals surface area contributed by atoms with E-state index in [2.05, 4.69) is 101 Å². The molecule has 0 aliphatic heterocycles. The Bertz CT molecular complexity index is 1480. The van der Waals surface area contributed by atoms with E-state index in [1.54, 1.807) is 17.7 Å². The van der Waals surface area contributed by atoms with Gasteiger partial charge in [-0.15, -0.1) is 0 Å². The van der Waals surface area contributed by atoms with Crippen LogP contribution < -0.4 is 0 Å². The van der Waals surface area contributed by atoms with E-state index in [0.29, 0.717) is 22.6 Å². The van der Waals surface area contributed by atoms with Gasteiger partial charge in [-0.2, -0.15) is 0 Å². The molecule has 264 valence electrons. The first-order valence-corrected chi connectivity index (χ1v) is 26.0. The summed E-state index contributed by atoms with van der Waals surface area (Å²) in [7, 11) is -7.33. The molecule has 4 aliphatic carbocycles. The minimum absolute atomic E-state index is 0.0470. The van der Waals surface area contributed by atoms with Crippen LogP contribution in [0.4, 0.5) is 0 Å². The Balaban J connectivity index is 1.46. The maximum absolute atomic E-state index is 13.4. The first-order chi connectivity index (χ1) is 21.4. The van der Waals surface area contributed by atoms with Gasteiger partial charge in [-0.25, -0.2) is 8.42 Å². The van der Waals surface area contributed by atoms with Gasteiger partial charge in [0.25, 0.3) is 0 Å². The molecule has 1 aromatic carbocycles. The molecule has 0 N–H and O–H groups in total. The van der Waals surface area contributed by atoms with E-state index in [9.17, 15) is 8.42 Å². The molecule has 4 nitrogen and oxygen atoms in total. The largest absolute Gasteiger partial charge is 0.414 e. The number of allylic oxidation sites excluding steroid dienone is 3. The lowest BCUT2D eigenvalue weighted by Crippen LogP contribution is -2.58. The Labute approximate surface area is 290 Å². The molecule has 4 aliphatic rings. The summed E-state index contributed by atoms with van der Waals surface area (Å²) in [6, 6.07) is 9.05. The Morgan fingerprint density at radius 2 is 1.45 bits per heavy atom. The molecule has 8 atom stereocenters. The Kier molecular flexibility index (Phi) is 9.79. The molecule has 1 aromatic rings. The second-order valence-corrected chi connectivity index (χ2v) is 30.9. The van der Waals surface area contributed by atoms with Crippen molar-refractivity contribution in [1.82, 2.24) is 0 Å². The number of fused-ring (bicyclic) bond motifs is 5. The second kappa shape index (κ2) is 12.3. The van der Waals surface area contributed by atoms with Gasteiger partial charge in [-0.3, -0.25) is 0 Å². The summed E-state index contributed by atoms with van der Waals surface area (Å²) in [5.41, 5.74) is 3.23. The summed E-state index contributed by atoms with van der Waals surface area (Å²) < 4.78 is 41.6. The zero-order valence-electron chi connectivity index (χ0n) is 32.0. The van der Waals surface area contributed by atoms with Gasteiger partial charge in [0, 0.05) is 5.41 Å². The zero-order chi connectivity index (χ0) is 35.0. The smallest absolute Gasteiger partial charge is 0.192 e. The van der Waals surface area contributed by atoms with Crippen LogP contribution in [0.15, 0.2) is 58.5 Å². The highest BCUT2D eigenvalue weighted by molar-refractivity contribution is 7.91. The van der Waals surface area contributed by atoms with E-state index in [1.807, 2.05) is 18.2 Å². The topological polar surface area (TPSA) is 52.6 Å². The highest BCUT2D eigenvalue weighted by Crippen LogP contribution is 2.67. The van der Waals surface area contributed by atoms with Crippen molar-refractivity contribution < 1.29 is 17.3 Å². The first-order valence-electron chi connectivity index (χ1n) is 18.5. The molecule has 7 heteroatoms. The highest BCUT2D eigenvalue weighted by atomic mass is 32.2. The van der Waals surface area contributed by atoms with Gasteiger partial charge in [0.15, 0.2) is 26.5 Å². The van der Waals surface area contributed by atoms with Crippen LogP contribution >= 0.6 is 0 Å². The molecule has 0 heterocycles. The molecule has 3 saturated carbocycles. The third-order valence-corrected chi connectivity index (χ3v) is 25.4. The van der Waals surface area contributed by atoms with Gasteiger partial charge in [-0.1, -0.05) is 104 Å². The van der Waals surface area contributed by atoms with Crippen LogP contribution in [0.1, 0.15) is 101 Å². The molecular weight excluding hydrogens is 633 g/mol. The standard InChI is InChI=1S/C40H66O4SSi2/c1-28(27-45(41,42)31-17-15-14-16-18-31)33-21-22-34-32-20-19-29-25-30(43-46(10,11)37(2,3)4)26-36(44-47(12,13)38(5,6)7)40(29,9)35(32)23-24-39(33,34)8/h14-20,28,30,33-36H,21-27H2,1-13H3/t28?,30-,33-,34+,35+,36+,39-,40+/m1/s1. The summed E-state index contributed by atoms with van der Waals surface area (Å²) in [5.74, 6) is 1.71. The van der Waals surface area contributed by atoms with Crippen molar-refractivity contribution in [3.63, 3.8) is 0 Å². The van der Waals surface area contributed by atoms with Crippen molar-refractivity contribution in [2.75, 3.05) is 5.75 Å². The maximum atomic E-state index is 13.4. The number of hydrogen-bond donors (Lipinski definition) is 0. The lowest BCUT2D eigenvalue weighted by atomic mass is 9.49. The van der Waals surface area contributed by atoms with Crippen LogP contribution in [0.25, 0.3) is 0 Å². The Morgan fingerprint density at radius 3 is 2.04 bits per heavy atom. The summed E-state index contributed by atoms with van der Waals surface area (Å²) in [6.07, 6.45) is 11.8. The van der Waals surface area contributed by atoms with Gasteiger partial charge in [0.2, 0.25) is 0 Å². The molecule has 0 amide bonds. The summed E-state index contributed by atoms with van der Waals surface area (Å²) in [5, 5.41) is 0.301. The van der Waals surface area contributed by atoms with Crippen molar-refractivity contribution in [2.24, 2.45) is 34.5 Å². The van der Waals surface area contributed by atoms with Crippen molar-refractivity contribution in [2.45, 2.75) is 154 Å². The van der Waals surface area contributed by atoms with Crippen molar-refractivity contribution >= 4 is 26.5 Å². The van der Waals surface area contributed by atoms with Crippen LogP contribution in [-0.2, 0) is 18.7 Å². The average molecular weight is 699 g/mol. The van der Waals surface area contributed by atoms with Crippen LogP contribution in [0.5, 0.6) is 0 Å². The Hall–Kier alpha value is -0.996. The molecule has 5 rings (SSSR count). The van der Waals surface area contributed by atoms with Crippen LogP contribution in [0.2, 0.25) is 36.3 Å². The van der Waals surface area contributed by atoms with Crippen LogP contribution in [-0.4, -0.2) is 43.0 Å². The monoisotopic (exact) mass is 698 g/mol. The summed E-state index contributed by atoms with van der Waals surface area (Å²) in [6.45, 7) is 31.0. The lowest BCUT2D eigenvalue weighted by Gasteiger charge is -2.59. The van der Waals surface area contributed by atoms with Gasteiger partial charge >= 0.3 is 0 Å². The van der Waals surface area contributed by atoms with Gasteiger partial charge in [0.1, 0.15) is 0 Å². The minimum atomic E-state index is -3.32. The summed E-state index contributed by atoms with van der Waals surface area (Å²) in [4.78, 5) is 0.455. The highest BCUT2D eigenvalue weighted by Gasteiger charge is 2.61. The first kappa shape index (κ1) is 37.3. The molecule has 3 fully saturated rings. The average Bonchev–Trinajstić information content (AvgIpc) is 3.30. The predicted molar refractivity (Wildman–Crippen MR) is 202 cm³/mol. The zero-order valence-corrected chi connectivity index (χ0v) is 34.8. The third kappa shape index (κ3) is 6.63. The number of benzene rings is 1. The molecule has 1 unspecified atom stereocenters. The fourth-order valence-electron chi connectivity index (χ4n) is 9.55. The minimum Gasteiger partial charge on any atom is -0.414 e. The van der Waals surface area contributed by atoms with E-state index in [-0.39, 0.29) is 44.8 Å². The molecular formula is C40H66O4SSi2. The van der Waals surface area contributed by atoms with E-state index in [0.717, 1.165) is 38.5 Å². The number of rotatable bonds is 8. The summed E-state index contributed by atoms with van der Waals surface area (Å²) >= 11 is 0. The van der Waals surface area contributed by atoms with E-state index in [4.69, 9.17) is 8.85 Å². The van der Waals surface area contributed by atoms with E-state index >= 15 is 0 Å². The number of hydrogen-bond acceptors (Lipinski definition) is 4. The van der Waals surface area contributed by atoms with Gasteiger partial charge < -0.3 is 8.85 Å². The van der Waals surface area contributed by atoms with Gasteiger partial charge in [0.05, 0.1) is 22.9 Å². The lowest BCUT2D eigenvalue weighted by molar-refractivity contribution is -0.0445. The van der Waals surface area contributed by atoms with Crippen LogP contribution in [0.3, 0.4) is 0 Å². The maximum Gasteiger partial charge on any atom is 0.192 e. The normalized spacial score (nSPS) is 34.1. The number of sulfone groups is 1. The quantitative estimate of drug-likeness (QED) is 0.254. The van der Waals surface area contributed by atoms with Crippen molar-refractivity contribution in [3.05, 3.63) is 53.6 Å². The fourth-order valence-corrected chi connectivity index (χ4v) is 14.0. The predicted octanol–water partition coefficient (Wildman–Crippen LogP) is 11.0.